The highest BCUT2D eigenvalue weighted by Gasteiger charge is 2.26. The maximum atomic E-state index is 11.7. The molecule has 1 atom stereocenters. The van der Waals surface area contributed by atoms with Crippen molar-refractivity contribution in [1.29, 1.82) is 0 Å². The van der Waals surface area contributed by atoms with Crippen LogP contribution in [0.5, 0.6) is 0 Å². The van der Waals surface area contributed by atoms with Gasteiger partial charge in [0, 0.05) is 31.1 Å². The number of alkyl carbamates (subject to hydrolysis) is 1. The molecule has 0 heterocycles. The van der Waals surface area contributed by atoms with Crippen LogP contribution in [-0.4, -0.2) is 49.4 Å². The lowest BCUT2D eigenvalue weighted by atomic mass is 9.88. The van der Waals surface area contributed by atoms with Gasteiger partial charge in [-0.3, -0.25) is 14.4 Å². The molecule has 1 amide bonds. The number of esters is 2. The maximum absolute atomic E-state index is 11.7. The summed E-state index contributed by atoms with van der Waals surface area (Å²) in [5.74, 6) is -1.12. The van der Waals surface area contributed by atoms with Gasteiger partial charge < -0.3 is 19.5 Å². The first kappa shape index (κ1) is 31.8. The molecule has 196 valence electrons. The maximum Gasteiger partial charge on any atom is 0.408 e. The van der Waals surface area contributed by atoms with Gasteiger partial charge in [0.1, 0.15) is 24.2 Å². The van der Waals surface area contributed by atoms with Crippen LogP contribution in [0.1, 0.15) is 66.4 Å². The van der Waals surface area contributed by atoms with Crippen molar-refractivity contribution in [3.05, 3.63) is 35.9 Å². The summed E-state index contributed by atoms with van der Waals surface area (Å²) in [7, 11) is 1.20. The summed E-state index contributed by atoms with van der Waals surface area (Å²) in [5, 5.41) is 2.37. The van der Waals surface area contributed by atoms with Crippen molar-refractivity contribution in [2.45, 2.75) is 73.5 Å². The molecule has 9 nitrogen and oxygen atoms in total. The first-order valence-corrected chi connectivity index (χ1v) is 11.5. The lowest BCUT2D eigenvalue weighted by molar-refractivity contribution is -0.144. The monoisotopic (exact) mass is 493 g/mol. The number of rotatable bonds is 11. The Morgan fingerprint density at radius 3 is 2.06 bits per heavy atom. The number of Topliss-reactive ketones (excluding diaryl/α,β-unsaturated/α-hetero) is 2. The smallest absolute Gasteiger partial charge is 0.408 e. The number of ketones is 2. The summed E-state index contributed by atoms with van der Waals surface area (Å²) in [5.41, 5.74) is 0.543. The van der Waals surface area contributed by atoms with E-state index in [1.807, 2.05) is 51.1 Å². The second kappa shape index (κ2) is 16.4. The fraction of sp³-hybridized carbons (Fsp3) is 0.577. The van der Waals surface area contributed by atoms with Crippen molar-refractivity contribution >= 4 is 29.6 Å². The highest BCUT2D eigenvalue weighted by molar-refractivity contribution is 5.89. The number of methoxy groups -OCH3 is 1. The molecule has 1 N–H and O–H groups in total. The van der Waals surface area contributed by atoms with E-state index in [0.29, 0.717) is 19.4 Å². The Morgan fingerprint density at radius 2 is 1.57 bits per heavy atom. The number of benzene rings is 1. The molecule has 0 radical (unpaired) electrons. The summed E-state index contributed by atoms with van der Waals surface area (Å²) in [6.07, 6.45) is 0.216. The zero-order chi connectivity index (χ0) is 27.0. The second-order valence-corrected chi connectivity index (χ2v) is 9.22. The van der Waals surface area contributed by atoms with Crippen LogP contribution in [0.2, 0.25) is 0 Å². The molecule has 0 spiro atoms. The normalized spacial score (nSPS) is 11.4. The van der Waals surface area contributed by atoms with Crippen LogP contribution in [0.4, 0.5) is 4.79 Å². The zero-order valence-electron chi connectivity index (χ0n) is 21.8. The van der Waals surface area contributed by atoms with E-state index >= 15 is 0 Å². The molecular weight excluding hydrogens is 454 g/mol. The molecule has 1 rings (SSSR count). The van der Waals surface area contributed by atoms with Gasteiger partial charge in [-0.05, 0) is 12.0 Å². The Bertz CT molecular complexity index is 828. The third-order valence-corrected chi connectivity index (χ3v) is 4.73. The van der Waals surface area contributed by atoms with Crippen LogP contribution in [-0.2, 0) is 40.0 Å². The third kappa shape index (κ3) is 15.3. The minimum Gasteiger partial charge on any atom is -0.467 e. The lowest BCUT2D eigenvalue weighted by Gasteiger charge is -2.16. The van der Waals surface area contributed by atoms with Crippen molar-refractivity contribution in [2.24, 2.45) is 11.3 Å². The van der Waals surface area contributed by atoms with Crippen molar-refractivity contribution in [3.63, 3.8) is 0 Å². The van der Waals surface area contributed by atoms with Crippen LogP contribution in [0.25, 0.3) is 0 Å². The molecule has 0 bridgehead atoms. The first-order chi connectivity index (χ1) is 16.3. The topological polar surface area (TPSA) is 125 Å². The molecule has 1 aromatic rings. The third-order valence-electron chi connectivity index (χ3n) is 4.73. The number of nitrogens with one attached hydrogen (secondary N) is 1. The number of hydrogen-bond donors (Lipinski definition) is 1. The molecule has 1 unspecified atom stereocenters. The minimum atomic E-state index is -1.04. The average Bonchev–Trinajstić information content (AvgIpc) is 2.79. The van der Waals surface area contributed by atoms with Crippen LogP contribution in [0, 0.1) is 11.3 Å². The van der Waals surface area contributed by atoms with Crippen molar-refractivity contribution < 1.29 is 38.2 Å². The number of carbonyl (C=O) groups is 5. The van der Waals surface area contributed by atoms with Gasteiger partial charge in [-0.1, -0.05) is 65.0 Å². The largest absolute Gasteiger partial charge is 0.467 e. The molecule has 0 saturated carbocycles. The first-order valence-electron chi connectivity index (χ1n) is 11.5. The average molecular weight is 494 g/mol. The van der Waals surface area contributed by atoms with E-state index in [4.69, 9.17) is 9.47 Å². The van der Waals surface area contributed by atoms with Gasteiger partial charge in [0.25, 0.3) is 0 Å². The fourth-order valence-corrected chi connectivity index (χ4v) is 2.50. The van der Waals surface area contributed by atoms with Gasteiger partial charge in [0.15, 0.2) is 0 Å². The predicted octanol–water partition coefficient (Wildman–Crippen LogP) is 4.01. The van der Waals surface area contributed by atoms with Gasteiger partial charge in [0.2, 0.25) is 0 Å². The van der Waals surface area contributed by atoms with E-state index in [9.17, 15) is 24.0 Å². The molecule has 0 fully saturated rings. The number of ether oxygens (including phenoxy) is 3. The molecule has 0 aliphatic rings. The van der Waals surface area contributed by atoms with E-state index in [2.05, 4.69) is 10.1 Å². The van der Waals surface area contributed by atoms with Crippen LogP contribution in [0.15, 0.2) is 30.3 Å². The lowest BCUT2D eigenvalue weighted by Crippen LogP contribution is -2.43. The number of amides is 1. The van der Waals surface area contributed by atoms with Gasteiger partial charge in [-0.15, -0.1) is 0 Å². The summed E-state index contributed by atoms with van der Waals surface area (Å²) in [4.78, 5) is 56.9. The second-order valence-electron chi connectivity index (χ2n) is 9.22. The van der Waals surface area contributed by atoms with Crippen LogP contribution in [0.3, 0.4) is 0 Å². The molecular formula is C26H39NO8. The molecule has 0 aromatic heterocycles. The van der Waals surface area contributed by atoms with Gasteiger partial charge in [-0.25, -0.2) is 9.59 Å². The number of hydrogen-bond acceptors (Lipinski definition) is 8. The summed E-state index contributed by atoms with van der Waals surface area (Å²) < 4.78 is 14.3. The highest BCUT2D eigenvalue weighted by Crippen LogP contribution is 2.17. The molecule has 0 aliphatic heterocycles. The van der Waals surface area contributed by atoms with E-state index < -0.39 is 18.1 Å². The van der Waals surface area contributed by atoms with Crippen molar-refractivity contribution in [1.82, 2.24) is 5.32 Å². The molecule has 0 saturated heterocycles. The quantitative estimate of drug-likeness (QED) is 0.278. The Morgan fingerprint density at radius 1 is 0.971 bits per heavy atom. The Kier molecular flexibility index (Phi) is 14.9. The van der Waals surface area contributed by atoms with Gasteiger partial charge >= 0.3 is 18.0 Å². The minimum absolute atomic E-state index is 0.0820. The van der Waals surface area contributed by atoms with E-state index in [-0.39, 0.29) is 41.9 Å². The van der Waals surface area contributed by atoms with E-state index in [1.165, 1.54) is 14.0 Å². The van der Waals surface area contributed by atoms with Gasteiger partial charge in [0.05, 0.1) is 13.7 Å². The zero-order valence-corrected chi connectivity index (χ0v) is 21.8. The number of carbonyl (C=O) groups excluding carboxylic acids is 5. The summed E-state index contributed by atoms with van der Waals surface area (Å²) in [6, 6.07) is 8.10. The van der Waals surface area contributed by atoms with E-state index in [0.717, 1.165) is 5.56 Å². The molecule has 0 aliphatic carbocycles. The highest BCUT2D eigenvalue weighted by atomic mass is 16.6. The van der Waals surface area contributed by atoms with E-state index in [1.54, 1.807) is 13.8 Å². The summed E-state index contributed by atoms with van der Waals surface area (Å²) in [6.45, 7) is 10.9. The Balaban J connectivity index is 0.000000761. The fourth-order valence-electron chi connectivity index (χ4n) is 2.50. The van der Waals surface area contributed by atoms with Crippen molar-refractivity contribution in [3.8, 4) is 0 Å². The van der Waals surface area contributed by atoms with Crippen molar-refractivity contribution in [2.75, 3.05) is 13.7 Å². The Hall–Kier alpha value is -3.23. The predicted molar refractivity (Wildman–Crippen MR) is 130 cm³/mol. The molecule has 9 heteroatoms. The molecule has 35 heavy (non-hydrogen) atoms. The SMILES string of the molecule is CC(=O)OCCCC(=O)C(C)(C)C.COC(=O)C(CC(=O)C(C)C)NC(=O)OCc1ccccc1. The molecule has 1 aromatic carbocycles. The van der Waals surface area contributed by atoms with Crippen LogP contribution >= 0.6 is 0 Å². The van der Waals surface area contributed by atoms with Gasteiger partial charge in [-0.2, -0.15) is 0 Å². The van der Waals surface area contributed by atoms with Crippen LogP contribution < -0.4 is 5.32 Å². The summed E-state index contributed by atoms with van der Waals surface area (Å²) >= 11 is 0. The standard InChI is InChI=1S/C16H21NO5.C10H18O3/c1-11(2)14(18)9-13(15(19)21-3)17-16(20)22-10-12-7-5-4-6-8-12;1-8(11)13-7-5-6-9(12)10(2,3)4/h4-8,11,13H,9-10H2,1-3H3,(H,17,20);5-7H2,1-4H3. The Labute approximate surface area is 207 Å².